The summed E-state index contributed by atoms with van der Waals surface area (Å²) in [4.78, 5) is 12.3. The predicted octanol–water partition coefficient (Wildman–Crippen LogP) is 5.08. The Kier molecular flexibility index (Phi) is 6.21. The van der Waals surface area contributed by atoms with Gasteiger partial charge in [-0.05, 0) is 55.0 Å². The van der Waals surface area contributed by atoms with Gasteiger partial charge in [-0.2, -0.15) is 0 Å². The molecule has 3 aromatic carbocycles. The highest BCUT2D eigenvalue weighted by Gasteiger charge is 2.17. The van der Waals surface area contributed by atoms with Gasteiger partial charge in [-0.15, -0.1) is 0 Å². The van der Waals surface area contributed by atoms with Gasteiger partial charge in [-0.25, -0.2) is 12.8 Å². The van der Waals surface area contributed by atoms with Crippen molar-refractivity contribution in [3.05, 3.63) is 81.6 Å². The van der Waals surface area contributed by atoms with Crippen molar-refractivity contribution in [1.29, 1.82) is 0 Å². The van der Waals surface area contributed by atoms with Crippen LogP contribution in [0.1, 0.15) is 15.9 Å². The Balaban J connectivity index is 1.82. The number of carbonyl (C=O) groups is 1. The summed E-state index contributed by atoms with van der Waals surface area (Å²) < 4.78 is 41.1. The maximum Gasteiger partial charge on any atom is 0.261 e. The zero-order valence-corrected chi connectivity index (χ0v) is 17.9. The summed E-state index contributed by atoms with van der Waals surface area (Å²) in [5.41, 5.74) is 6.83. The molecule has 0 heterocycles. The van der Waals surface area contributed by atoms with E-state index in [1.807, 2.05) is 0 Å². The number of amides is 1. The molecular weight excluding hydrogens is 452 g/mol. The van der Waals surface area contributed by atoms with Crippen LogP contribution in [-0.4, -0.2) is 14.3 Å². The number of carbonyl (C=O) groups excluding carboxylic acids is 1. The van der Waals surface area contributed by atoms with Crippen molar-refractivity contribution in [3.63, 3.8) is 0 Å². The van der Waals surface area contributed by atoms with Crippen LogP contribution in [0, 0.1) is 12.7 Å². The number of rotatable bonds is 5. The van der Waals surface area contributed by atoms with Crippen molar-refractivity contribution in [1.82, 2.24) is 0 Å². The minimum atomic E-state index is -4.04. The summed E-state index contributed by atoms with van der Waals surface area (Å²) in [6, 6.07) is 12.3. The molecule has 3 rings (SSSR count). The van der Waals surface area contributed by atoms with Crippen LogP contribution in [0.4, 0.5) is 21.5 Å². The lowest BCUT2D eigenvalue weighted by atomic mass is 10.2. The lowest BCUT2D eigenvalue weighted by molar-refractivity contribution is 0.102. The van der Waals surface area contributed by atoms with E-state index in [0.717, 1.165) is 6.07 Å². The summed E-state index contributed by atoms with van der Waals surface area (Å²) in [5, 5.41) is 2.98. The summed E-state index contributed by atoms with van der Waals surface area (Å²) in [6.07, 6.45) is 0. The van der Waals surface area contributed by atoms with Crippen molar-refractivity contribution < 1.29 is 17.6 Å². The molecule has 3 aromatic rings. The number of hydrogen-bond acceptors (Lipinski definition) is 4. The second-order valence-electron chi connectivity index (χ2n) is 6.40. The summed E-state index contributed by atoms with van der Waals surface area (Å²) in [7, 11) is -4.04. The fraction of sp³-hybridized carbons (Fsp3) is 0.0500. The van der Waals surface area contributed by atoms with Crippen LogP contribution < -0.4 is 15.8 Å². The molecule has 0 aliphatic heterocycles. The van der Waals surface area contributed by atoms with Crippen molar-refractivity contribution in [2.24, 2.45) is 0 Å². The summed E-state index contributed by atoms with van der Waals surface area (Å²) >= 11 is 11.9. The highest BCUT2D eigenvalue weighted by Crippen LogP contribution is 2.31. The van der Waals surface area contributed by atoms with E-state index in [2.05, 4.69) is 10.0 Å². The molecule has 1 amide bonds. The van der Waals surface area contributed by atoms with Crippen LogP contribution in [-0.2, 0) is 10.0 Å². The van der Waals surface area contributed by atoms with Gasteiger partial charge in [0.2, 0.25) is 0 Å². The Morgan fingerprint density at radius 3 is 2.30 bits per heavy atom. The number of hydrogen-bond donors (Lipinski definition) is 3. The molecule has 4 N–H and O–H groups in total. The first kappa shape index (κ1) is 21.9. The van der Waals surface area contributed by atoms with E-state index in [4.69, 9.17) is 28.9 Å². The number of sulfonamides is 1. The number of aryl methyl sites for hydroxylation is 1. The number of anilines is 3. The smallest absolute Gasteiger partial charge is 0.261 e. The lowest BCUT2D eigenvalue weighted by Gasteiger charge is -2.11. The first-order chi connectivity index (χ1) is 14.1. The zero-order valence-electron chi connectivity index (χ0n) is 15.5. The average Bonchev–Trinajstić information content (AvgIpc) is 2.68. The van der Waals surface area contributed by atoms with Gasteiger partial charge in [0.1, 0.15) is 5.82 Å². The number of nitrogens with one attached hydrogen (secondary N) is 2. The SMILES string of the molecule is Cc1ccc(S(=O)(=O)Nc2cccc(C(=O)Nc3cc(Cl)c(N)c(Cl)c3)c2)cc1F. The first-order valence-corrected chi connectivity index (χ1v) is 10.8. The van der Waals surface area contributed by atoms with Crippen molar-refractivity contribution in [2.75, 3.05) is 15.8 Å². The third kappa shape index (κ3) is 4.84. The van der Waals surface area contributed by atoms with Crippen LogP contribution >= 0.6 is 23.2 Å². The van der Waals surface area contributed by atoms with E-state index in [1.54, 1.807) is 0 Å². The molecule has 0 atom stereocenters. The second-order valence-corrected chi connectivity index (χ2v) is 8.90. The monoisotopic (exact) mass is 467 g/mol. The Bertz CT molecular complexity index is 1230. The van der Waals surface area contributed by atoms with E-state index in [-0.39, 0.29) is 31.9 Å². The molecule has 0 saturated heterocycles. The van der Waals surface area contributed by atoms with Gasteiger partial charge in [-0.1, -0.05) is 35.3 Å². The molecule has 0 bridgehead atoms. The van der Waals surface area contributed by atoms with Gasteiger partial charge in [0.15, 0.2) is 0 Å². The summed E-state index contributed by atoms with van der Waals surface area (Å²) in [5.74, 6) is -1.15. The highest BCUT2D eigenvalue weighted by atomic mass is 35.5. The molecule has 0 aromatic heterocycles. The molecule has 0 radical (unpaired) electrons. The number of nitrogens with two attached hydrogens (primary N) is 1. The van der Waals surface area contributed by atoms with E-state index in [0.29, 0.717) is 11.3 Å². The van der Waals surface area contributed by atoms with E-state index in [1.165, 1.54) is 55.5 Å². The molecule has 0 aliphatic rings. The molecule has 0 aliphatic carbocycles. The normalized spacial score (nSPS) is 11.2. The number of benzene rings is 3. The minimum absolute atomic E-state index is 0.136. The molecule has 156 valence electrons. The van der Waals surface area contributed by atoms with Crippen LogP contribution in [0.25, 0.3) is 0 Å². The van der Waals surface area contributed by atoms with Gasteiger partial charge >= 0.3 is 0 Å². The van der Waals surface area contributed by atoms with Crippen molar-refractivity contribution in [3.8, 4) is 0 Å². The molecule has 10 heteroatoms. The number of nitrogen functional groups attached to an aromatic ring is 1. The van der Waals surface area contributed by atoms with Crippen LogP contribution in [0.5, 0.6) is 0 Å². The maximum atomic E-state index is 13.7. The fourth-order valence-electron chi connectivity index (χ4n) is 2.54. The zero-order chi connectivity index (χ0) is 22.1. The van der Waals surface area contributed by atoms with Gasteiger partial charge in [0.25, 0.3) is 15.9 Å². The molecule has 30 heavy (non-hydrogen) atoms. The summed E-state index contributed by atoms with van der Waals surface area (Å²) in [6.45, 7) is 1.53. The topological polar surface area (TPSA) is 101 Å². The third-order valence-corrected chi connectivity index (χ3v) is 6.17. The van der Waals surface area contributed by atoms with Gasteiger partial charge < -0.3 is 11.1 Å². The van der Waals surface area contributed by atoms with Gasteiger partial charge in [0.05, 0.1) is 20.6 Å². The quantitative estimate of drug-likeness (QED) is 0.455. The maximum absolute atomic E-state index is 13.7. The van der Waals surface area contributed by atoms with Gasteiger partial charge in [-0.3, -0.25) is 9.52 Å². The van der Waals surface area contributed by atoms with Gasteiger partial charge in [0, 0.05) is 16.9 Å². The van der Waals surface area contributed by atoms with E-state index < -0.39 is 21.7 Å². The fourth-order valence-corrected chi connectivity index (χ4v) is 4.09. The Morgan fingerprint density at radius 1 is 1.00 bits per heavy atom. The van der Waals surface area contributed by atoms with Crippen LogP contribution in [0.2, 0.25) is 10.0 Å². The lowest BCUT2D eigenvalue weighted by Crippen LogP contribution is -2.15. The van der Waals surface area contributed by atoms with Crippen molar-refractivity contribution >= 4 is 56.2 Å². The Hall–Kier alpha value is -2.81. The molecular formula is C20H16Cl2FN3O3S. The average molecular weight is 468 g/mol. The molecule has 0 unspecified atom stereocenters. The third-order valence-electron chi connectivity index (χ3n) is 4.17. The van der Waals surface area contributed by atoms with E-state index in [9.17, 15) is 17.6 Å². The Morgan fingerprint density at radius 2 is 1.67 bits per heavy atom. The largest absolute Gasteiger partial charge is 0.396 e. The van der Waals surface area contributed by atoms with E-state index >= 15 is 0 Å². The molecule has 0 spiro atoms. The molecule has 6 nitrogen and oxygen atoms in total. The minimum Gasteiger partial charge on any atom is -0.396 e. The predicted molar refractivity (Wildman–Crippen MR) is 117 cm³/mol. The Labute approximate surface area is 182 Å². The molecule has 0 saturated carbocycles. The first-order valence-electron chi connectivity index (χ1n) is 8.52. The number of halogens is 3. The second kappa shape index (κ2) is 8.51. The molecule has 0 fully saturated rings. The van der Waals surface area contributed by atoms with Crippen LogP contribution in [0.3, 0.4) is 0 Å². The highest BCUT2D eigenvalue weighted by molar-refractivity contribution is 7.92. The standard InChI is InChI=1S/C20H16Cl2FN3O3S/c1-11-5-6-15(10-18(11)23)30(28,29)26-13-4-2-3-12(7-13)20(27)25-14-8-16(21)19(24)17(22)9-14/h2-10,26H,24H2,1H3,(H,25,27). The van der Waals surface area contributed by atoms with Crippen molar-refractivity contribution in [2.45, 2.75) is 11.8 Å². The van der Waals surface area contributed by atoms with Crippen LogP contribution in [0.15, 0.2) is 59.5 Å².